The van der Waals surface area contributed by atoms with Gasteiger partial charge >= 0.3 is 0 Å². The zero-order chi connectivity index (χ0) is 26.1. The minimum Gasteiger partial charge on any atom is -0.395 e. The second-order valence-electron chi connectivity index (χ2n) is 10.3. The van der Waals surface area contributed by atoms with Gasteiger partial charge in [0.15, 0.2) is 11.6 Å². The van der Waals surface area contributed by atoms with Crippen LogP contribution in [0.15, 0.2) is 36.5 Å². The predicted octanol–water partition coefficient (Wildman–Crippen LogP) is 3.45. The third kappa shape index (κ3) is 5.25. The van der Waals surface area contributed by atoms with Crippen LogP contribution in [0.5, 0.6) is 0 Å². The SMILES string of the molecule is O=S(CCO)Nc1ccc(-n2cc(-c3ccc(F)c(N4CCCCO4)n3)nn2)c(N2CCC3(CC2)CC3)c1. The van der Waals surface area contributed by atoms with Gasteiger partial charge in [0.05, 0.1) is 42.2 Å². The van der Waals surface area contributed by atoms with E-state index >= 15 is 0 Å². The highest BCUT2D eigenvalue weighted by molar-refractivity contribution is 7.86. The highest BCUT2D eigenvalue weighted by Gasteiger charge is 2.44. The van der Waals surface area contributed by atoms with Crippen LogP contribution in [-0.2, 0) is 15.8 Å². The Kier molecular flexibility index (Phi) is 7.02. The van der Waals surface area contributed by atoms with Crippen molar-refractivity contribution in [3.05, 3.63) is 42.3 Å². The molecule has 2 aromatic heterocycles. The molecule has 1 atom stereocenters. The third-order valence-corrected chi connectivity index (χ3v) is 8.69. The van der Waals surface area contributed by atoms with E-state index < -0.39 is 16.8 Å². The van der Waals surface area contributed by atoms with Gasteiger partial charge in [-0.3, -0.25) is 4.84 Å². The number of benzene rings is 1. The molecule has 1 saturated carbocycles. The van der Waals surface area contributed by atoms with Gasteiger partial charge in [-0.1, -0.05) is 5.21 Å². The number of hydrogen-bond donors (Lipinski definition) is 2. The van der Waals surface area contributed by atoms with Crippen LogP contribution in [0.4, 0.5) is 21.6 Å². The number of aliphatic hydroxyl groups excluding tert-OH is 1. The Morgan fingerprint density at radius 2 is 1.89 bits per heavy atom. The van der Waals surface area contributed by atoms with Crippen LogP contribution in [0.3, 0.4) is 0 Å². The summed E-state index contributed by atoms with van der Waals surface area (Å²) < 4.78 is 31.5. The van der Waals surface area contributed by atoms with Gasteiger partial charge in [0.25, 0.3) is 0 Å². The highest BCUT2D eigenvalue weighted by atomic mass is 32.2. The monoisotopic (exact) mass is 541 g/mol. The van der Waals surface area contributed by atoms with E-state index in [1.54, 1.807) is 16.9 Å². The normalized spacial score (nSPS) is 19.5. The number of aromatic nitrogens is 4. The van der Waals surface area contributed by atoms with E-state index in [-0.39, 0.29) is 18.2 Å². The van der Waals surface area contributed by atoms with Crippen LogP contribution in [0.1, 0.15) is 38.5 Å². The molecular formula is C26H32FN7O3S. The minimum atomic E-state index is -1.37. The molecule has 1 unspecified atom stereocenters. The van der Waals surface area contributed by atoms with E-state index in [9.17, 15) is 8.60 Å². The first-order valence-corrected chi connectivity index (χ1v) is 14.5. The topological polar surface area (TPSA) is 109 Å². The lowest BCUT2D eigenvalue weighted by atomic mass is 9.93. The lowest BCUT2D eigenvalue weighted by Gasteiger charge is -2.35. The van der Waals surface area contributed by atoms with Crippen LogP contribution in [-0.4, -0.2) is 67.9 Å². The number of aliphatic hydroxyl groups is 1. The highest BCUT2D eigenvalue weighted by Crippen LogP contribution is 2.54. The van der Waals surface area contributed by atoms with Gasteiger partial charge < -0.3 is 14.7 Å². The van der Waals surface area contributed by atoms with Crippen LogP contribution in [0, 0.1) is 11.2 Å². The van der Waals surface area contributed by atoms with Gasteiger partial charge in [-0.15, -0.1) is 5.10 Å². The fourth-order valence-corrected chi connectivity index (χ4v) is 5.87. The first kappa shape index (κ1) is 25.2. The molecule has 10 nitrogen and oxygen atoms in total. The van der Waals surface area contributed by atoms with Crippen LogP contribution in [0.25, 0.3) is 17.1 Å². The van der Waals surface area contributed by atoms with Crippen molar-refractivity contribution in [1.82, 2.24) is 20.0 Å². The quantitative estimate of drug-likeness (QED) is 0.447. The molecule has 2 N–H and O–H groups in total. The summed E-state index contributed by atoms with van der Waals surface area (Å²) in [5, 5.41) is 19.4. The second kappa shape index (κ2) is 10.6. The van der Waals surface area contributed by atoms with Crippen LogP contribution < -0.4 is 14.7 Å². The Labute approximate surface area is 223 Å². The number of anilines is 3. The van der Waals surface area contributed by atoms with Crippen molar-refractivity contribution < 1.29 is 18.5 Å². The molecule has 0 radical (unpaired) electrons. The maximum atomic E-state index is 14.6. The summed E-state index contributed by atoms with van der Waals surface area (Å²) in [6.07, 6.45) is 8.60. The van der Waals surface area contributed by atoms with Crippen molar-refractivity contribution in [1.29, 1.82) is 0 Å². The number of piperidine rings is 1. The largest absolute Gasteiger partial charge is 0.395 e. The fourth-order valence-electron chi connectivity index (χ4n) is 5.21. The summed E-state index contributed by atoms with van der Waals surface area (Å²) in [7, 11) is -1.37. The Morgan fingerprint density at radius 3 is 2.63 bits per heavy atom. The standard InChI is InChI=1S/C26H32FN7O3S/c27-20-4-5-21(28-25(20)34-11-1-2-15-37-34)22-18-33(31-29-22)23-6-3-19(30-38(36)16-14-35)17-24(23)32-12-9-26(7-8-26)10-13-32/h3-6,17-18,30,35H,1-2,7-16H2. The number of nitrogens with zero attached hydrogens (tertiary/aromatic N) is 6. The lowest BCUT2D eigenvalue weighted by molar-refractivity contribution is 0.0746. The molecule has 3 aliphatic rings. The second-order valence-corrected chi connectivity index (χ2v) is 11.6. The Balaban J connectivity index is 1.30. The van der Waals surface area contributed by atoms with Crippen molar-refractivity contribution in [3.63, 3.8) is 0 Å². The summed E-state index contributed by atoms with van der Waals surface area (Å²) in [6, 6.07) is 8.75. The number of pyridine rings is 1. The van der Waals surface area contributed by atoms with Gasteiger partial charge in [-0.25, -0.2) is 23.3 Å². The van der Waals surface area contributed by atoms with Crippen LogP contribution >= 0.6 is 0 Å². The molecule has 1 aromatic carbocycles. The summed E-state index contributed by atoms with van der Waals surface area (Å²) in [5.41, 5.74) is 4.09. The Morgan fingerprint density at radius 1 is 1.05 bits per heavy atom. The van der Waals surface area contributed by atoms with Crippen molar-refractivity contribution >= 4 is 28.2 Å². The summed E-state index contributed by atoms with van der Waals surface area (Å²) in [5.74, 6) is -0.123. The summed E-state index contributed by atoms with van der Waals surface area (Å²) in [4.78, 5) is 12.5. The van der Waals surface area contributed by atoms with E-state index in [1.165, 1.54) is 24.0 Å². The molecule has 2 saturated heterocycles. The predicted molar refractivity (Wildman–Crippen MR) is 144 cm³/mol. The first-order chi connectivity index (χ1) is 18.5. The van der Waals surface area contributed by atoms with Crippen molar-refractivity contribution in [2.45, 2.75) is 38.5 Å². The molecule has 202 valence electrons. The van der Waals surface area contributed by atoms with E-state index in [1.807, 2.05) is 18.2 Å². The summed E-state index contributed by atoms with van der Waals surface area (Å²) in [6.45, 7) is 2.86. The average molecular weight is 542 g/mol. The van der Waals surface area contributed by atoms with Crippen molar-refractivity contribution in [3.8, 4) is 17.1 Å². The molecule has 1 aliphatic carbocycles. The number of hydrogen-bond acceptors (Lipinski definition) is 8. The van der Waals surface area contributed by atoms with Gasteiger partial charge in [0, 0.05) is 25.3 Å². The molecule has 0 amide bonds. The molecule has 0 bridgehead atoms. The van der Waals surface area contributed by atoms with E-state index in [0.29, 0.717) is 35.6 Å². The van der Waals surface area contributed by atoms with Crippen molar-refractivity contribution in [2.75, 3.05) is 53.3 Å². The zero-order valence-corrected chi connectivity index (χ0v) is 22.0. The number of rotatable bonds is 8. The van der Waals surface area contributed by atoms with Crippen LogP contribution in [0.2, 0.25) is 0 Å². The molecule has 12 heteroatoms. The maximum Gasteiger partial charge on any atom is 0.189 e. The zero-order valence-electron chi connectivity index (χ0n) is 21.2. The minimum absolute atomic E-state index is 0.149. The van der Waals surface area contributed by atoms with Gasteiger partial charge in [-0.05, 0) is 74.3 Å². The molecule has 3 aromatic rings. The fraction of sp³-hybridized carbons (Fsp3) is 0.500. The smallest absolute Gasteiger partial charge is 0.189 e. The van der Waals surface area contributed by atoms with Crippen molar-refractivity contribution in [2.24, 2.45) is 5.41 Å². The molecule has 3 fully saturated rings. The summed E-state index contributed by atoms with van der Waals surface area (Å²) >= 11 is 0. The average Bonchev–Trinajstić information content (AvgIpc) is 3.50. The van der Waals surface area contributed by atoms with Gasteiger partial charge in [0.2, 0.25) is 0 Å². The van der Waals surface area contributed by atoms with Gasteiger partial charge in [0.1, 0.15) is 16.7 Å². The molecule has 6 rings (SSSR count). The van der Waals surface area contributed by atoms with E-state index in [4.69, 9.17) is 9.94 Å². The first-order valence-electron chi connectivity index (χ1n) is 13.2. The number of halogens is 1. The molecular weight excluding hydrogens is 509 g/mol. The van der Waals surface area contributed by atoms with Gasteiger partial charge in [-0.2, -0.15) is 0 Å². The number of nitrogens with one attached hydrogen (secondary N) is 1. The van der Waals surface area contributed by atoms with E-state index in [0.717, 1.165) is 50.1 Å². The lowest BCUT2D eigenvalue weighted by Crippen LogP contribution is -2.35. The number of hydroxylamine groups is 1. The Bertz CT molecular complexity index is 1320. The maximum absolute atomic E-state index is 14.6. The molecule has 1 spiro atoms. The third-order valence-electron chi connectivity index (χ3n) is 7.67. The molecule has 38 heavy (non-hydrogen) atoms. The Hall–Kier alpha value is -3.09. The molecule has 2 aliphatic heterocycles. The van der Waals surface area contributed by atoms with E-state index in [2.05, 4.69) is 24.9 Å². The molecule has 4 heterocycles.